The van der Waals surface area contributed by atoms with Crippen molar-refractivity contribution in [3.05, 3.63) is 29.8 Å². The molecule has 3 nitrogen and oxygen atoms in total. The summed E-state index contributed by atoms with van der Waals surface area (Å²) in [7, 11) is 0. The number of halogens is 1. The molecular formula is C15H20BrNO2. The number of carbonyl (C=O) groups excluding carboxylic acids is 2. The van der Waals surface area contributed by atoms with Crippen molar-refractivity contribution in [2.45, 2.75) is 44.4 Å². The first-order valence-electron chi connectivity index (χ1n) is 6.66. The van der Waals surface area contributed by atoms with E-state index in [-0.39, 0.29) is 16.5 Å². The second-order valence-electron chi connectivity index (χ2n) is 4.50. The van der Waals surface area contributed by atoms with E-state index in [1.165, 1.54) is 0 Å². The largest absolute Gasteiger partial charge is 0.326 e. The van der Waals surface area contributed by atoms with Crippen molar-refractivity contribution in [1.29, 1.82) is 0 Å². The first-order valence-corrected chi connectivity index (χ1v) is 7.58. The number of amides is 1. The van der Waals surface area contributed by atoms with Crippen molar-refractivity contribution in [3.63, 3.8) is 0 Å². The van der Waals surface area contributed by atoms with Gasteiger partial charge in [-0.1, -0.05) is 36.2 Å². The number of hydrogen-bond donors (Lipinski definition) is 1. The van der Waals surface area contributed by atoms with Crippen LogP contribution < -0.4 is 5.32 Å². The van der Waals surface area contributed by atoms with Crippen LogP contribution in [0.1, 0.15) is 49.9 Å². The number of alkyl halides is 1. The van der Waals surface area contributed by atoms with Crippen LogP contribution in [0.25, 0.3) is 0 Å². The van der Waals surface area contributed by atoms with Crippen LogP contribution >= 0.6 is 15.9 Å². The fourth-order valence-corrected chi connectivity index (χ4v) is 2.46. The highest BCUT2D eigenvalue weighted by atomic mass is 79.9. The minimum atomic E-state index is -0.127. The van der Waals surface area contributed by atoms with Gasteiger partial charge in [-0.15, -0.1) is 0 Å². The predicted octanol–water partition coefficient (Wildman–Crippen LogP) is 4.17. The topological polar surface area (TPSA) is 46.2 Å². The zero-order chi connectivity index (χ0) is 14.3. The lowest BCUT2D eigenvalue weighted by Gasteiger charge is -2.09. The fourth-order valence-electron chi connectivity index (χ4n) is 1.73. The molecule has 1 aromatic rings. The highest BCUT2D eigenvalue weighted by Crippen LogP contribution is 2.17. The molecule has 1 atom stereocenters. The van der Waals surface area contributed by atoms with Crippen LogP contribution in [-0.4, -0.2) is 16.5 Å². The van der Waals surface area contributed by atoms with E-state index in [1.807, 2.05) is 13.8 Å². The first-order chi connectivity index (χ1) is 9.08. The Labute approximate surface area is 122 Å². The molecule has 1 aromatic carbocycles. The molecule has 0 saturated carbocycles. The lowest BCUT2D eigenvalue weighted by atomic mass is 10.1. The fraction of sp³-hybridized carbons (Fsp3) is 0.467. The normalized spacial score (nSPS) is 11.9. The molecule has 0 bridgehead atoms. The van der Waals surface area contributed by atoms with Gasteiger partial charge in [0.2, 0.25) is 5.91 Å². The van der Waals surface area contributed by atoms with Crippen LogP contribution in [0, 0.1) is 0 Å². The smallest absolute Gasteiger partial charge is 0.224 e. The van der Waals surface area contributed by atoms with E-state index < -0.39 is 0 Å². The Morgan fingerprint density at radius 1 is 1.16 bits per heavy atom. The second kappa shape index (κ2) is 8.10. The van der Waals surface area contributed by atoms with Crippen LogP contribution in [-0.2, 0) is 4.79 Å². The molecule has 0 fully saturated rings. The Kier molecular flexibility index (Phi) is 6.78. The average molecular weight is 326 g/mol. The van der Waals surface area contributed by atoms with Gasteiger partial charge in [0.15, 0.2) is 5.78 Å². The SMILES string of the molecule is CCCC(=O)Nc1ccc(C(=O)C(Br)CCC)cc1. The molecule has 104 valence electrons. The second-order valence-corrected chi connectivity index (χ2v) is 5.60. The number of hydrogen-bond acceptors (Lipinski definition) is 2. The maximum absolute atomic E-state index is 12.0. The molecule has 1 N–H and O–H groups in total. The molecule has 0 aliphatic carbocycles. The summed E-state index contributed by atoms with van der Waals surface area (Å²) in [4.78, 5) is 23.3. The quantitative estimate of drug-likeness (QED) is 0.604. The van der Waals surface area contributed by atoms with E-state index in [1.54, 1.807) is 24.3 Å². The molecule has 1 amide bonds. The Hall–Kier alpha value is -1.16. The molecule has 1 rings (SSSR count). The van der Waals surface area contributed by atoms with Crippen LogP contribution in [0.5, 0.6) is 0 Å². The maximum atomic E-state index is 12.0. The van der Waals surface area contributed by atoms with Gasteiger partial charge in [-0.2, -0.15) is 0 Å². The van der Waals surface area contributed by atoms with Crippen molar-refractivity contribution < 1.29 is 9.59 Å². The summed E-state index contributed by atoms with van der Waals surface area (Å²) in [5.41, 5.74) is 1.40. The molecule has 1 unspecified atom stereocenters. The van der Waals surface area contributed by atoms with Gasteiger partial charge in [0, 0.05) is 17.7 Å². The molecule has 0 radical (unpaired) electrons. The van der Waals surface area contributed by atoms with Gasteiger partial charge < -0.3 is 5.32 Å². The molecule has 0 aliphatic heterocycles. The zero-order valence-electron chi connectivity index (χ0n) is 11.4. The molecule has 0 heterocycles. The highest BCUT2D eigenvalue weighted by Gasteiger charge is 2.15. The predicted molar refractivity (Wildman–Crippen MR) is 81.9 cm³/mol. The number of Topliss-reactive ketones (excluding diaryl/α,β-unsaturated/α-hetero) is 1. The summed E-state index contributed by atoms with van der Waals surface area (Å²) in [6.07, 6.45) is 3.13. The maximum Gasteiger partial charge on any atom is 0.224 e. The van der Waals surface area contributed by atoms with Gasteiger partial charge >= 0.3 is 0 Å². The van der Waals surface area contributed by atoms with Crippen LogP contribution in [0.4, 0.5) is 5.69 Å². The molecule has 0 saturated heterocycles. The summed E-state index contributed by atoms with van der Waals surface area (Å²) in [6.45, 7) is 4.01. The average Bonchev–Trinajstić information content (AvgIpc) is 2.39. The van der Waals surface area contributed by atoms with Gasteiger partial charge in [-0.05, 0) is 37.1 Å². The Bertz CT molecular complexity index is 428. The van der Waals surface area contributed by atoms with E-state index in [2.05, 4.69) is 21.2 Å². The summed E-state index contributed by atoms with van der Waals surface area (Å²) in [6, 6.07) is 7.06. The molecule has 0 aliphatic rings. The number of benzene rings is 1. The van der Waals surface area contributed by atoms with Crippen LogP contribution in [0.3, 0.4) is 0 Å². The Morgan fingerprint density at radius 2 is 1.79 bits per heavy atom. The third kappa shape index (κ3) is 5.15. The number of rotatable bonds is 7. The lowest BCUT2D eigenvalue weighted by molar-refractivity contribution is -0.116. The molecule has 19 heavy (non-hydrogen) atoms. The summed E-state index contributed by atoms with van der Waals surface area (Å²) >= 11 is 3.40. The van der Waals surface area contributed by atoms with Gasteiger partial charge in [0.25, 0.3) is 0 Å². The summed E-state index contributed by atoms with van der Waals surface area (Å²) in [5, 5.41) is 2.80. The van der Waals surface area contributed by atoms with Crippen molar-refractivity contribution >= 4 is 33.3 Å². The van der Waals surface area contributed by atoms with E-state index in [4.69, 9.17) is 0 Å². The third-order valence-corrected chi connectivity index (χ3v) is 3.63. The minimum Gasteiger partial charge on any atom is -0.326 e. The van der Waals surface area contributed by atoms with Gasteiger partial charge in [-0.25, -0.2) is 0 Å². The van der Waals surface area contributed by atoms with Crippen molar-refractivity contribution in [2.24, 2.45) is 0 Å². The molecule has 4 heteroatoms. The number of anilines is 1. The van der Waals surface area contributed by atoms with E-state index in [0.717, 1.165) is 24.9 Å². The molecule has 0 aromatic heterocycles. The van der Waals surface area contributed by atoms with Crippen molar-refractivity contribution in [3.8, 4) is 0 Å². The summed E-state index contributed by atoms with van der Waals surface area (Å²) < 4.78 is 0. The molecular weight excluding hydrogens is 306 g/mol. The minimum absolute atomic E-state index is 0.00549. The standard InChI is InChI=1S/C15H20BrNO2/c1-3-5-13(16)15(19)11-7-9-12(10-8-11)17-14(18)6-4-2/h7-10,13H,3-6H2,1-2H3,(H,17,18). The van der Waals surface area contributed by atoms with Crippen LogP contribution in [0.2, 0.25) is 0 Å². The monoisotopic (exact) mass is 325 g/mol. The van der Waals surface area contributed by atoms with Gasteiger partial charge in [-0.3, -0.25) is 9.59 Å². The van der Waals surface area contributed by atoms with E-state index in [0.29, 0.717) is 12.0 Å². The van der Waals surface area contributed by atoms with Crippen LogP contribution in [0.15, 0.2) is 24.3 Å². The van der Waals surface area contributed by atoms with Gasteiger partial charge in [0.1, 0.15) is 0 Å². The van der Waals surface area contributed by atoms with E-state index >= 15 is 0 Å². The lowest BCUT2D eigenvalue weighted by Crippen LogP contribution is -2.14. The Balaban J connectivity index is 2.65. The number of carbonyl (C=O) groups is 2. The third-order valence-electron chi connectivity index (χ3n) is 2.76. The Morgan fingerprint density at radius 3 is 2.32 bits per heavy atom. The van der Waals surface area contributed by atoms with Crippen molar-refractivity contribution in [1.82, 2.24) is 0 Å². The first kappa shape index (κ1) is 15.9. The van der Waals surface area contributed by atoms with Gasteiger partial charge in [0.05, 0.1) is 4.83 Å². The van der Waals surface area contributed by atoms with Crippen molar-refractivity contribution in [2.75, 3.05) is 5.32 Å². The number of nitrogens with one attached hydrogen (secondary N) is 1. The summed E-state index contributed by atoms with van der Waals surface area (Å²) in [5.74, 6) is 0.0965. The highest BCUT2D eigenvalue weighted by molar-refractivity contribution is 9.10. The van der Waals surface area contributed by atoms with E-state index in [9.17, 15) is 9.59 Å². The molecule has 0 spiro atoms. The zero-order valence-corrected chi connectivity index (χ0v) is 13.0. The number of ketones is 1.